The first kappa shape index (κ1) is 19.0. The lowest BCUT2D eigenvalue weighted by molar-refractivity contribution is -0.155. The Hall–Kier alpha value is -1.77. The molecule has 1 fully saturated rings. The lowest BCUT2D eigenvalue weighted by Crippen LogP contribution is -2.40. The summed E-state index contributed by atoms with van der Waals surface area (Å²) in [5.41, 5.74) is 0.720. The molecule has 1 aromatic heterocycles. The van der Waals surface area contributed by atoms with Crippen molar-refractivity contribution >= 4 is 27.3 Å². The Morgan fingerprint density at radius 2 is 1.88 bits per heavy atom. The smallest absolute Gasteiger partial charge is 0.309 e. The average Bonchev–Trinajstić information content (AvgIpc) is 3.18. The van der Waals surface area contributed by atoms with Crippen molar-refractivity contribution in [2.45, 2.75) is 30.1 Å². The van der Waals surface area contributed by atoms with Crippen LogP contribution < -0.4 is 0 Å². The van der Waals surface area contributed by atoms with Gasteiger partial charge in [-0.1, -0.05) is 18.2 Å². The van der Waals surface area contributed by atoms with Gasteiger partial charge in [-0.15, -0.1) is 11.3 Å². The Bertz CT molecular complexity index is 842. The highest BCUT2D eigenvalue weighted by Gasteiger charge is 2.33. The van der Waals surface area contributed by atoms with Crippen LogP contribution in [-0.4, -0.2) is 31.8 Å². The van der Waals surface area contributed by atoms with E-state index >= 15 is 0 Å². The number of benzene rings is 1. The molecule has 0 amide bonds. The number of hydrogen-bond acceptors (Lipinski definition) is 5. The molecule has 3 rings (SSSR count). The lowest BCUT2D eigenvalue weighted by atomic mass is 9.98. The van der Waals surface area contributed by atoms with E-state index in [2.05, 4.69) is 0 Å². The summed E-state index contributed by atoms with van der Waals surface area (Å²) in [6, 6.07) is 9.12. The van der Waals surface area contributed by atoms with E-state index in [1.165, 1.54) is 27.8 Å². The van der Waals surface area contributed by atoms with Crippen LogP contribution in [0.25, 0.3) is 0 Å². The van der Waals surface area contributed by atoms with Crippen molar-refractivity contribution in [2.75, 3.05) is 13.1 Å². The van der Waals surface area contributed by atoms with E-state index in [4.69, 9.17) is 4.74 Å². The largest absolute Gasteiger partial charge is 0.458 e. The molecule has 0 N–H and O–H groups in total. The fraction of sp³-hybridized carbons (Fsp3) is 0.389. The number of esters is 1. The topological polar surface area (TPSA) is 63.7 Å². The van der Waals surface area contributed by atoms with Gasteiger partial charge in [0.15, 0.2) is 0 Å². The monoisotopic (exact) mass is 397 g/mol. The van der Waals surface area contributed by atoms with Gasteiger partial charge in [0.05, 0.1) is 5.92 Å². The van der Waals surface area contributed by atoms with Crippen molar-refractivity contribution in [3.8, 4) is 0 Å². The number of hydrogen-bond donors (Lipinski definition) is 0. The van der Waals surface area contributed by atoms with E-state index in [1.54, 1.807) is 36.6 Å². The van der Waals surface area contributed by atoms with Gasteiger partial charge in [-0.3, -0.25) is 4.79 Å². The van der Waals surface area contributed by atoms with Crippen LogP contribution in [0.15, 0.2) is 46.0 Å². The minimum atomic E-state index is -3.47. The van der Waals surface area contributed by atoms with Gasteiger partial charge in [0, 0.05) is 13.1 Å². The van der Waals surface area contributed by atoms with E-state index in [0.29, 0.717) is 30.1 Å². The third-order valence-electron chi connectivity index (χ3n) is 4.51. The van der Waals surface area contributed by atoms with E-state index in [1.807, 2.05) is 0 Å². The molecule has 1 aromatic carbocycles. The molecule has 140 valence electrons. The number of carbonyl (C=O) groups excluding carboxylic acids is 1. The van der Waals surface area contributed by atoms with Crippen LogP contribution in [0, 0.1) is 11.7 Å². The van der Waals surface area contributed by atoms with Gasteiger partial charge in [-0.05, 0) is 48.9 Å². The molecule has 26 heavy (non-hydrogen) atoms. The van der Waals surface area contributed by atoms with Crippen LogP contribution in [0.4, 0.5) is 4.39 Å². The zero-order valence-corrected chi connectivity index (χ0v) is 15.9. The summed E-state index contributed by atoms with van der Waals surface area (Å²) < 4.78 is 45.2. The summed E-state index contributed by atoms with van der Waals surface area (Å²) in [7, 11) is -3.47. The second kappa shape index (κ2) is 7.85. The predicted molar refractivity (Wildman–Crippen MR) is 96.7 cm³/mol. The minimum Gasteiger partial charge on any atom is -0.458 e. The average molecular weight is 397 g/mol. The molecule has 1 aliphatic rings. The summed E-state index contributed by atoms with van der Waals surface area (Å²) >= 11 is 1.19. The summed E-state index contributed by atoms with van der Waals surface area (Å²) in [5, 5.41) is 1.73. The summed E-state index contributed by atoms with van der Waals surface area (Å²) in [4.78, 5) is 12.4. The molecule has 5 nitrogen and oxygen atoms in total. The fourth-order valence-electron chi connectivity index (χ4n) is 2.94. The van der Waals surface area contributed by atoms with Crippen molar-refractivity contribution in [3.05, 3.63) is 53.2 Å². The lowest BCUT2D eigenvalue weighted by Gasteiger charge is -2.30. The molecule has 1 atom stereocenters. The Kier molecular flexibility index (Phi) is 5.74. The molecule has 1 saturated heterocycles. The normalized spacial score (nSPS) is 17.8. The molecule has 0 bridgehead atoms. The van der Waals surface area contributed by atoms with Gasteiger partial charge in [0.25, 0.3) is 10.0 Å². The van der Waals surface area contributed by atoms with Crippen LogP contribution in [0.1, 0.15) is 31.4 Å². The second-order valence-electron chi connectivity index (χ2n) is 6.24. The number of thiophene rings is 1. The predicted octanol–water partition coefficient (Wildman–Crippen LogP) is 3.59. The van der Waals surface area contributed by atoms with Crippen molar-refractivity contribution in [3.63, 3.8) is 0 Å². The van der Waals surface area contributed by atoms with Crippen LogP contribution in [0.3, 0.4) is 0 Å². The number of sulfonamides is 1. The number of rotatable bonds is 5. The Morgan fingerprint density at radius 1 is 1.23 bits per heavy atom. The molecule has 0 saturated carbocycles. The van der Waals surface area contributed by atoms with Crippen molar-refractivity contribution in [1.82, 2.24) is 4.31 Å². The molecule has 8 heteroatoms. The van der Waals surface area contributed by atoms with Gasteiger partial charge in [0.2, 0.25) is 0 Å². The van der Waals surface area contributed by atoms with E-state index < -0.39 is 16.1 Å². The number of ether oxygens (including phenoxy) is 1. The second-order valence-corrected chi connectivity index (χ2v) is 9.35. The highest BCUT2D eigenvalue weighted by Crippen LogP contribution is 2.28. The Balaban J connectivity index is 1.56. The summed E-state index contributed by atoms with van der Waals surface area (Å²) in [5.74, 6) is -1.01. The number of nitrogens with zero attached hydrogens (tertiary/aromatic N) is 1. The van der Waals surface area contributed by atoms with Gasteiger partial charge in [-0.25, -0.2) is 12.8 Å². The van der Waals surface area contributed by atoms with E-state index in [-0.39, 0.29) is 17.7 Å². The Labute approximate surface area is 156 Å². The standard InChI is InChI=1S/C18H20FNO4S2/c1-13(14-4-6-16(19)7-5-14)24-18(21)15-8-10-20(11-9-15)26(22,23)17-3-2-12-25-17/h2-7,12-13,15H,8-11H2,1H3/t13-/m1/s1. The van der Waals surface area contributed by atoms with E-state index in [9.17, 15) is 17.6 Å². The van der Waals surface area contributed by atoms with Gasteiger partial charge < -0.3 is 4.74 Å². The van der Waals surface area contributed by atoms with Crippen LogP contribution in [0.5, 0.6) is 0 Å². The third-order valence-corrected chi connectivity index (χ3v) is 7.78. The van der Waals surface area contributed by atoms with Gasteiger partial charge >= 0.3 is 5.97 Å². The highest BCUT2D eigenvalue weighted by molar-refractivity contribution is 7.91. The van der Waals surface area contributed by atoms with Gasteiger partial charge in [0.1, 0.15) is 16.1 Å². The molecular weight excluding hydrogens is 377 g/mol. The molecule has 2 aromatic rings. The SMILES string of the molecule is C[C@@H](OC(=O)C1CCN(S(=O)(=O)c2cccs2)CC1)c1ccc(F)cc1. The minimum absolute atomic E-state index is 0.297. The van der Waals surface area contributed by atoms with Crippen molar-refractivity contribution in [2.24, 2.45) is 5.92 Å². The van der Waals surface area contributed by atoms with Crippen molar-refractivity contribution < 1.29 is 22.3 Å². The molecule has 1 aliphatic heterocycles. The first-order valence-corrected chi connectivity index (χ1v) is 10.7. The van der Waals surface area contributed by atoms with Crippen LogP contribution in [-0.2, 0) is 19.6 Å². The van der Waals surface area contributed by atoms with E-state index in [0.717, 1.165) is 5.56 Å². The Morgan fingerprint density at radius 3 is 2.46 bits per heavy atom. The zero-order valence-electron chi connectivity index (χ0n) is 14.3. The molecular formula is C18H20FNO4S2. The zero-order chi connectivity index (χ0) is 18.7. The van der Waals surface area contributed by atoms with Crippen LogP contribution >= 0.6 is 11.3 Å². The third kappa shape index (κ3) is 4.13. The molecule has 0 spiro atoms. The highest BCUT2D eigenvalue weighted by atomic mass is 32.2. The maximum Gasteiger partial charge on any atom is 0.309 e. The number of piperidine rings is 1. The van der Waals surface area contributed by atoms with Gasteiger partial charge in [-0.2, -0.15) is 4.31 Å². The molecule has 0 unspecified atom stereocenters. The number of halogens is 1. The molecule has 2 heterocycles. The first-order chi connectivity index (χ1) is 12.4. The van der Waals surface area contributed by atoms with Crippen LogP contribution in [0.2, 0.25) is 0 Å². The summed E-state index contributed by atoms with van der Waals surface area (Å²) in [6.07, 6.45) is 0.384. The summed E-state index contributed by atoms with van der Waals surface area (Å²) in [6.45, 7) is 2.33. The molecule has 0 radical (unpaired) electrons. The fourth-order valence-corrected chi connectivity index (χ4v) is 5.56. The molecule has 0 aliphatic carbocycles. The maximum absolute atomic E-state index is 13.0. The van der Waals surface area contributed by atoms with Crippen molar-refractivity contribution in [1.29, 1.82) is 0 Å². The number of carbonyl (C=O) groups is 1. The maximum atomic E-state index is 13.0. The first-order valence-electron chi connectivity index (χ1n) is 8.37. The quantitative estimate of drug-likeness (QED) is 0.724.